The molecule has 0 saturated carbocycles. The molecule has 2 heterocycles. The van der Waals surface area contributed by atoms with Crippen LogP contribution in [0.5, 0.6) is 5.75 Å². The van der Waals surface area contributed by atoms with E-state index in [0.29, 0.717) is 6.61 Å². The number of nitrogens with one attached hydrogen (secondary N) is 1. The van der Waals surface area contributed by atoms with Crippen LogP contribution in [0.15, 0.2) is 48.8 Å². The smallest absolute Gasteiger partial charge is 0.119 e. The molecule has 3 rings (SSSR count). The number of para-hydroxylation sites is 1. The summed E-state index contributed by atoms with van der Waals surface area (Å²) in [7, 11) is 0. The molecule has 1 fully saturated rings. The molecule has 0 aliphatic carbocycles. The Morgan fingerprint density at radius 3 is 2.70 bits per heavy atom. The van der Waals surface area contributed by atoms with E-state index in [0.717, 1.165) is 37.5 Å². The summed E-state index contributed by atoms with van der Waals surface area (Å²) in [6.45, 7) is 4.67. The van der Waals surface area contributed by atoms with Crippen molar-refractivity contribution in [2.75, 3.05) is 31.1 Å². The lowest BCUT2D eigenvalue weighted by Gasteiger charge is -2.30. The Balaban J connectivity index is 1.72. The number of hydrogen-bond acceptors (Lipinski definition) is 4. The molecule has 2 aromatic rings. The molecule has 20 heavy (non-hydrogen) atoms. The molecule has 0 unspecified atom stereocenters. The van der Waals surface area contributed by atoms with Crippen LogP contribution in [0.4, 0.5) is 5.69 Å². The van der Waals surface area contributed by atoms with Crippen LogP contribution in [-0.4, -0.2) is 31.2 Å². The van der Waals surface area contributed by atoms with Gasteiger partial charge in [-0.1, -0.05) is 18.2 Å². The van der Waals surface area contributed by atoms with Gasteiger partial charge in [0, 0.05) is 49.8 Å². The zero-order valence-electron chi connectivity index (χ0n) is 11.5. The molecule has 1 saturated heterocycles. The average molecular weight is 269 g/mol. The van der Waals surface area contributed by atoms with Crippen LogP contribution in [0.2, 0.25) is 0 Å². The molecule has 104 valence electrons. The number of rotatable bonds is 4. The maximum atomic E-state index is 5.84. The fraction of sp³-hybridized carbons (Fsp3) is 0.312. The lowest BCUT2D eigenvalue weighted by molar-refractivity contribution is 0.305. The molecule has 0 radical (unpaired) electrons. The lowest BCUT2D eigenvalue weighted by atomic mass is 10.2. The second-order valence-corrected chi connectivity index (χ2v) is 4.84. The molecule has 0 amide bonds. The van der Waals surface area contributed by atoms with Gasteiger partial charge in [-0.05, 0) is 18.2 Å². The molecule has 1 aromatic heterocycles. The Hall–Kier alpha value is -2.07. The van der Waals surface area contributed by atoms with Gasteiger partial charge in [0.2, 0.25) is 0 Å². The number of hydrogen-bond donors (Lipinski definition) is 1. The van der Waals surface area contributed by atoms with Gasteiger partial charge in [0.25, 0.3) is 0 Å². The molecule has 1 aliphatic rings. The summed E-state index contributed by atoms with van der Waals surface area (Å²) in [5, 5.41) is 3.37. The molecule has 1 aromatic carbocycles. The minimum Gasteiger partial charge on any atom is -0.489 e. The molecule has 0 spiro atoms. The molecule has 1 aliphatic heterocycles. The van der Waals surface area contributed by atoms with Crippen LogP contribution in [-0.2, 0) is 6.61 Å². The lowest BCUT2D eigenvalue weighted by Crippen LogP contribution is -2.44. The first-order valence-electron chi connectivity index (χ1n) is 7.00. The number of piperazine rings is 1. The number of nitrogens with zero attached hydrogens (tertiary/aromatic N) is 2. The second-order valence-electron chi connectivity index (χ2n) is 4.84. The van der Waals surface area contributed by atoms with Gasteiger partial charge in [-0.2, -0.15) is 0 Å². The van der Waals surface area contributed by atoms with Crippen LogP contribution < -0.4 is 15.0 Å². The number of anilines is 1. The van der Waals surface area contributed by atoms with Crippen molar-refractivity contribution in [1.29, 1.82) is 0 Å². The predicted molar refractivity (Wildman–Crippen MR) is 80.1 cm³/mol. The van der Waals surface area contributed by atoms with Crippen LogP contribution in [0.1, 0.15) is 5.56 Å². The van der Waals surface area contributed by atoms with Crippen molar-refractivity contribution < 1.29 is 4.74 Å². The highest BCUT2D eigenvalue weighted by Gasteiger charge is 2.14. The topological polar surface area (TPSA) is 37.4 Å². The first-order valence-corrected chi connectivity index (χ1v) is 7.00. The van der Waals surface area contributed by atoms with E-state index in [4.69, 9.17) is 4.74 Å². The first kappa shape index (κ1) is 12.9. The van der Waals surface area contributed by atoms with Crippen LogP contribution in [0.25, 0.3) is 0 Å². The second kappa shape index (κ2) is 6.39. The fourth-order valence-corrected chi connectivity index (χ4v) is 2.42. The van der Waals surface area contributed by atoms with Crippen molar-refractivity contribution in [2.24, 2.45) is 0 Å². The Labute approximate surface area is 119 Å². The average Bonchev–Trinajstić information content (AvgIpc) is 2.55. The zero-order chi connectivity index (χ0) is 13.6. The van der Waals surface area contributed by atoms with E-state index in [9.17, 15) is 0 Å². The van der Waals surface area contributed by atoms with E-state index in [1.807, 2.05) is 42.7 Å². The third-order valence-electron chi connectivity index (χ3n) is 3.47. The monoisotopic (exact) mass is 269 g/mol. The maximum Gasteiger partial charge on any atom is 0.119 e. The Morgan fingerprint density at radius 2 is 1.90 bits per heavy atom. The van der Waals surface area contributed by atoms with E-state index in [2.05, 4.69) is 21.3 Å². The van der Waals surface area contributed by atoms with E-state index in [-0.39, 0.29) is 0 Å². The van der Waals surface area contributed by atoms with Gasteiger partial charge in [0.15, 0.2) is 0 Å². The van der Waals surface area contributed by atoms with Crippen molar-refractivity contribution in [3.8, 4) is 5.75 Å². The van der Waals surface area contributed by atoms with E-state index >= 15 is 0 Å². The number of pyridine rings is 1. The first-order chi connectivity index (χ1) is 9.93. The van der Waals surface area contributed by atoms with Crippen molar-refractivity contribution in [2.45, 2.75) is 6.61 Å². The van der Waals surface area contributed by atoms with Crippen molar-refractivity contribution in [1.82, 2.24) is 10.3 Å². The Kier molecular flexibility index (Phi) is 4.13. The van der Waals surface area contributed by atoms with Gasteiger partial charge in [0.1, 0.15) is 12.4 Å². The Bertz CT molecular complexity index is 538. The minimum absolute atomic E-state index is 0.553. The van der Waals surface area contributed by atoms with Crippen molar-refractivity contribution in [3.05, 3.63) is 54.4 Å². The van der Waals surface area contributed by atoms with Gasteiger partial charge >= 0.3 is 0 Å². The molecular weight excluding hydrogens is 250 g/mol. The zero-order valence-corrected chi connectivity index (χ0v) is 11.5. The Morgan fingerprint density at radius 1 is 1.10 bits per heavy atom. The molecule has 4 heteroatoms. The van der Waals surface area contributed by atoms with Gasteiger partial charge in [-0.15, -0.1) is 0 Å². The summed E-state index contributed by atoms with van der Waals surface area (Å²) in [5.41, 5.74) is 2.37. The van der Waals surface area contributed by atoms with E-state index in [1.54, 1.807) is 0 Å². The fourth-order valence-electron chi connectivity index (χ4n) is 2.42. The third kappa shape index (κ3) is 3.08. The minimum atomic E-state index is 0.553. The summed E-state index contributed by atoms with van der Waals surface area (Å²) in [6, 6.07) is 12.0. The molecule has 0 atom stereocenters. The standard InChI is InChI=1S/C16H19N3O/c1-2-4-15(5-3-1)20-13-14-12-18-7-6-16(14)19-10-8-17-9-11-19/h1-7,12,17H,8-11,13H2. The SMILES string of the molecule is c1ccc(OCc2cnccc2N2CCNCC2)cc1. The van der Waals surface area contributed by atoms with Crippen molar-refractivity contribution >= 4 is 5.69 Å². The third-order valence-corrected chi connectivity index (χ3v) is 3.47. The summed E-state index contributed by atoms with van der Waals surface area (Å²) in [4.78, 5) is 6.62. The summed E-state index contributed by atoms with van der Waals surface area (Å²) in [5.74, 6) is 0.891. The van der Waals surface area contributed by atoms with Gasteiger partial charge in [0.05, 0.1) is 0 Å². The molecular formula is C16H19N3O. The summed E-state index contributed by atoms with van der Waals surface area (Å²) >= 11 is 0. The van der Waals surface area contributed by atoms with Gasteiger partial charge in [-0.25, -0.2) is 0 Å². The summed E-state index contributed by atoms with van der Waals surface area (Å²) in [6.07, 6.45) is 3.75. The van der Waals surface area contributed by atoms with Gasteiger partial charge < -0.3 is 15.0 Å². The van der Waals surface area contributed by atoms with E-state index in [1.165, 1.54) is 5.69 Å². The maximum absolute atomic E-state index is 5.84. The van der Waals surface area contributed by atoms with Crippen LogP contribution >= 0.6 is 0 Å². The highest BCUT2D eigenvalue weighted by Crippen LogP contribution is 2.21. The van der Waals surface area contributed by atoms with Gasteiger partial charge in [-0.3, -0.25) is 4.98 Å². The molecule has 1 N–H and O–H groups in total. The molecule has 4 nitrogen and oxygen atoms in total. The van der Waals surface area contributed by atoms with Crippen LogP contribution in [0, 0.1) is 0 Å². The van der Waals surface area contributed by atoms with Crippen LogP contribution in [0.3, 0.4) is 0 Å². The van der Waals surface area contributed by atoms with E-state index < -0.39 is 0 Å². The number of ether oxygens (including phenoxy) is 1. The largest absolute Gasteiger partial charge is 0.489 e. The number of aromatic nitrogens is 1. The molecule has 0 bridgehead atoms. The predicted octanol–water partition coefficient (Wildman–Crippen LogP) is 2.07. The normalized spacial score (nSPS) is 15.1. The van der Waals surface area contributed by atoms with Crippen molar-refractivity contribution in [3.63, 3.8) is 0 Å². The highest BCUT2D eigenvalue weighted by molar-refractivity contribution is 5.52. The summed E-state index contributed by atoms with van der Waals surface area (Å²) < 4.78 is 5.84. The highest BCUT2D eigenvalue weighted by atomic mass is 16.5. The number of benzene rings is 1. The quantitative estimate of drug-likeness (QED) is 0.922.